The molecule has 1 aromatic heterocycles. The molecule has 0 aliphatic rings. The van der Waals surface area contributed by atoms with E-state index in [4.69, 9.17) is 0 Å². The molecule has 0 saturated heterocycles. The minimum atomic E-state index is -2.96. The van der Waals surface area contributed by atoms with Gasteiger partial charge in [0.1, 0.15) is 14.4 Å². The van der Waals surface area contributed by atoms with Gasteiger partial charge in [0.25, 0.3) is 5.91 Å². The molecule has 0 atom stereocenters. The lowest BCUT2D eigenvalue weighted by Gasteiger charge is -2.04. The van der Waals surface area contributed by atoms with E-state index in [0.29, 0.717) is 23.1 Å². The summed E-state index contributed by atoms with van der Waals surface area (Å²) < 4.78 is 22.4. The quantitative estimate of drug-likeness (QED) is 0.649. The first-order chi connectivity index (χ1) is 7.88. The Labute approximate surface area is 109 Å². The predicted octanol–water partition coefficient (Wildman–Crippen LogP) is 1.01. The van der Waals surface area contributed by atoms with Crippen LogP contribution in [0.1, 0.15) is 16.8 Å². The van der Waals surface area contributed by atoms with Gasteiger partial charge in [0.15, 0.2) is 0 Å². The molecule has 0 bridgehead atoms. The summed E-state index contributed by atoms with van der Waals surface area (Å²) in [7, 11) is -2.96. The molecule has 0 aromatic carbocycles. The summed E-state index contributed by atoms with van der Waals surface area (Å²) in [6.07, 6.45) is 3.04. The minimum Gasteiger partial charge on any atom is -0.352 e. The van der Waals surface area contributed by atoms with E-state index in [1.165, 1.54) is 12.5 Å². The molecule has 5 nitrogen and oxygen atoms in total. The molecule has 1 rings (SSSR count). The number of nitrogens with zero attached hydrogens (tertiary/aromatic N) is 1. The van der Waals surface area contributed by atoms with Crippen molar-refractivity contribution in [3.63, 3.8) is 0 Å². The molecule has 1 heterocycles. The van der Waals surface area contributed by atoms with Gasteiger partial charge in [-0.3, -0.25) is 4.79 Å². The number of carbonyl (C=O) groups is 1. The standard InChI is InChI=1S/C10H13BrN2O3S/c1-17(15,16)6-2-5-12-10(14)8-3-4-9(11)13-7-8/h3-4,7H,2,5-6H2,1H3,(H,12,14). The molecule has 17 heavy (non-hydrogen) atoms. The van der Waals surface area contributed by atoms with Crippen LogP contribution in [-0.2, 0) is 9.84 Å². The fourth-order valence-corrected chi connectivity index (χ4v) is 2.05. The van der Waals surface area contributed by atoms with Crippen molar-refractivity contribution in [2.75, 3.05) is 18.6 Å². The van der Waals surface area contributed by atoms with E-state index in [2.05, 4.69) is 26.2 Å². The lowest BCUT2D eigenvalue weighted by atomic mass is 10.2. The number of hydrogen-bond donors (Lipinski definition) is 1. The van der Waals surface area contributed by atoms with Gasteiger partial charge in [-0.05, 0) is 34.5 Å². The molecule has 0 saturated carbocycles. The van der Waals surface area contributed by atoms with Crippen LogP contribution in [0.15, 0.2) is 22.9 Å². The largest absolute Gasteiger partial charge is 0.352 e. The van der Waals surface area contributed by atoms with Gasteiger partial charge in [-0.15, -0.1) is 0 Å². The van der Waals surface area contributed by atoms with Crippen molar-refractivity contribution in [2.24, 2.45) is 0 Å². The van der Waals surface area contributed by atoms with Gasteiger partial charge in [-0.25, -0.2) is 13.4 Å². The number of nitrogens with one attached hydrogen (secondary N) is 1. The molecule has 0 radical (unpaired) electrons. The molecule has 0 aliphatic heterocycles. The van der Waals surface area contributed by atoms with E-state index in [1.807, 2.05) is 0 Å². The van der Waals surface area contributed by atoms with Crippen LogP contribution < -0.4 is 5.32 Å². The molecule has 0 spiro atoms. The van der Waals surface area contributed by atoms with E-state index in [0.717, 1.165) is 0 Å². The number of amides is 1. The first kappa shape index (κ1) is 14.1. The smallest absolute Gasteiger partial charge is 0.252 e. The maximum absolute atomic E-state index is 11.6. The summed E-state index contributed by atoms with van der Waals surface area (Å²) >= 11 is 3.17. The number of hydrogen-bond acceptors (Lipinski definition) is 4. The van der Waals surface area contributed by atoms with Gasteiger partial charge in [0.2, 0.25) is 0 Å². The molecule has 0 fully saturated rings. The zero-order valence-corrected chi connectivity index (χ0v) is 11.7. The molecule has 0 aliphatic carbocycles. The van der Waals surface area contributed by atoms with Crippen LogP contribution in [0.2, 0.25) is 0 Å². The number of carbonyl (C=O) groups excluding carboxylic acids is 1. The zero-order chi connectivity index (χ0) is 12.9. The van der Waals surface area contributed by atoms with E-state index in [9.17, 15) is 13.2 Å². The van der Waals surface area contributed by atoms with Crippen LogP contribution in [0.4, 0.5) is 0 Å². The van der Waals surface area contributed by atoms with Crippen molar-refractivity contribution >= 4 is 31.7 Å². The fourth-order valence-electron chi connectivity index (χ4n) is 1.15. The summed E-state index contributed by atoms with van der Waals surface area (Å²) in [5.74, 6) is -0.176. The Balaban J connectivity index is 2.38. The maximum Gasteiger partial charge on any atom is 0.252 e. The summed E-state index contributed by atoms with van der Waals surface area (Å²) in [6.45, 7) is 0.335. The SMILES string of the molecule is CS(=O)(=O)CCCNC(=O)c1ccc(Br)nc1. The highest BCUT2D eigenvalue weighted by atomic mass is 79.9. The van der Waals surface area contributed by atoms with Gasteiger partial charge in [0.05, 0.1) is 11.3 Å². The van der Waals surface area contributed by atoms with E-state index >= 15 is 0 Å². The van der Waals surface area contributed by atoms with Crippen LogP contribution >= 0.6 is 15.9 Å². The highest BCUT2D eigenvalue weighted by molar-refractivity contribution is 9.10. The third-order valence-electron chi connectivity index (χ3n) is 1.97. The Morgan fingerprint density at radius 1 is 1.47 bits per heavy atom. The molecule has 1 aromatic rings. The Morgan fingerprint density at radius 3 is 2.71 bits per heavy atom. The highest BCUT2D eigenvalue weighted by Crippen LogP contribution is 2.05. The summed E-state index contributed by atoms with van der Waals surface area (Å²) in [4.78, 5) is 15.5. The van der Waals surface area contributed by atoms with Gasteiger partial charge in [-0.1, -0.05) is 0 Å². The van der Waals surface area contributed by atoms with E-state index < -0.39 is 9.84 Å². The average molecular weight is 321 g/mol. The molecule has 1 N–H and O–H groups in total. The summed E-state index contributed by atoms with van der Waals surface area (Å²) in [5.41, 5.74) is 0.451. The Morgan fingerprint density at radius 2 is 2.18 bits per heavy atom. The van der Waals surface area contributed by atoms with Crippen LogP contribution in [0.25, 0.3) is 0 Å². The van der Waals surface area contributed by atoms with Crippen LogP contribution in [0.3, 0.4) is 0 Å². The number of sulfone groups is 1. The molecule has 0 unspecified atom stereocenters. The van der Waals surface area contributed by atoms with Crippen LogP contribution in [0.5, 0.6) is 0 Å². The summed E-state index contributed by atoms with van der Waals surface area (Å²) in [6, 6.07) is 3.31. The number of halogens is 1. The molecular formula is C10H13BrN2O3S. The summed E-state index contributed by atoms with van der Waals surface area (Å²) in [5, 5.41) is 2.63. The Bertz CT molecular complexity index is 485. The third kappa shape index (κ3) is 5.78. The van der Waals surface area contributed by atoms with Gasteiger partial charge in [-0.2, -0.15) is 0 Å². The van der Waals surface area contributed by atoms with E-state index in [1.54, 1.807) is 12.1 Å². The third-order valence-corrected chi connectivity index (χ3v) is 3.47. The lowest BCUT2D eigenvalue weighted by Crippen LogP contribution is -2.25. The van der Waals surface area contributed by atoms with Crippen molar-refractivity contribution in [2.45, 2.75) is 6.42 Å². The molecule has 1 amide bonds. The second kappa shape index (κ2) is 6.11. The fraction of sp³-hybridized carbons (Fsp3) is 0.400. The number of rotatable bonds is 5. The van der Waals surface area contributed by atoms with Gasteiger partial charge in [0, 0.05) is 19.0 Å². The Hall–Kier alpha value is -0.950. The van der Waals surface area contributed by atoms with Crippen LogP contribution in [0, 0.1) is 0 Å². The van der Waals surface area contributed by atoms with E-state index in [-0.39, 0.29) is 11.7 Å². The topological polar surface area (TPSA) is 76.1 Å². The van der Waals surface area contributed by atoms with Crippen molar-refractivity contribution in [3.8, 4) is 0 Å². The average Bonchev–Trinajstić information content (AvgIpc) is 2.24. The van der Waals surface area contributed by atoms with Crippen molar-refractivity contribution in [1.82, 2.24) is 10.3 Å². The zero-order valence-electron chi connectivity index (χ0n) is 9.31. The highest BCUT2D eigenvalue weighted by Gasteiger charge is 2.06. The molecular weight excluding hydrogens is 308 g/mol. The second-order valence-corrected chi connectivity index (χ2v) is 6.68. The minimum absolute atomic E-state index is 0.0753. The monoisotopic (exact) mass is 320 g/mol. The molecule has 94 valence electrons. The Kier molecular flexibility index (Phi) is 5.07. The van der Waals surface area contributed by atoms with Crippen molar-refractivity contribution < 1.29 is 13.2 Å². The van der Waals surface area contributed by atoms with Crippen LogP contribution in [-0.4, -0.2) is 37.9 Å². The number of aromatic nitrogens is 1. The van der Waals surface area contributed by atoms with Crippen molar-refractivity contribution in [3.05, 3.63) is 28.5 Å². The molecule has 7 heteroatoms. The van der Waals surface area contributed by atoms with Gasteiger partial charge < -0.3 is 5.32 Å². The first-order valence-corrected chi connectivity index (χ1v) is 7.81. The van der Waals surface area contributed by atoms with Crippen molar-refractivity contribution in [1.29, 1.82) is 0 Å². The van der Waals surface area contributed by atoms with Gasteiger partial charge >= 0.3 is 0 Å². The number of pyridine rings is 1. The second-order valence-electron chi connectivity index (χ2n) is 3.61. The lowest BCUT2D eigenvalue weighted by molar-refractivity contribution is 0.0953. The normalized spacial score (nSPS) is 11.2. The predicted molar refractivity (Wildman–Crippen MR) is 68.6 cm³/mol. The maximum atomic E-state index is 11.6. The first-order valence-electron chi connectivity index (χ1n) is 4.96.